The van der Waals surface area contributed by atoms with E-state index in [4.69, 9.17) is 11.6 Å². The van der Waals surface area contributed by atoms with Crippen molar-refractivity contribution in [2.45, 2.75) is 18.9 Å². The maximum Gasteiger partial charge on any atom is 0.152 e. The largest absolute Gasteiger partial charge is 0.370 e. The Morgan fingerprint density at radius 1 is 1.17 bits per heavy atom. The zero-order chi connectivity index (χ0) is 17.0. The quantitative estimate of drug-likeness (QED) is 0.816. The predicted molar refractivity (Wildman–Crippen MR) is 96.4 cm³/mol. The highest BCUT2D eigenvalue weighted by Crippen LogP contribution is 2.17. The number of sulfone groups is 1. The Hall–Kier alpha value is -1.86. The zero-order valence-corrected chi connectivity index (χ0v) is 14.6. The van der Waals surface area contributed by atoms with Crippen molar-refractivity contribution in [3.05, 3.63) is 47.2 Å². The smallest absolute Gasteiger partial charge is 0.152 e. The molecule has 1 aromatic heterocycles. The second kappa shape index (κ2) is 7.36. The SMILES string of the molecule is O=S1(=O)CCC(Nc2cc(NCCc3ccc(Cl)cc3)ncn2)C1. The molecule has 0 saturated carbocycles. The molecule has 1 fully saturated rings. The van der Waals surface area contributed by atoms with Crippen LogP contribution in [0.4, 0.5) is 11.6 Å². The highest BCUT2D eigenvalue weighted by atomic mass is 35.5. The number of hydrogen-bond acceptors (Lipinski definition) is 6. The number of anilines is 2. The normalized spacial score (nSPS) is 19.1. The first-order valence-corrected chi connectivity index (χ1v) is 9.97. The van der Waals surface area contributed by atoms with E-state index in [1.54, 1.807) is 6.07 Å². The van der Waals surface area contributed by atoms with Crippen LogP contribution in [0.25, 0.3) is 0 Å². The van der Waals surface area contributed by atoms with Gasteiger partial charge in [0.1, 0.15) is 18.0 Å². The van der Waals surface area contributed by atoms with E-state index >= 15 is 0 Å². The van der Waals surface area contributed by atoms with Crippen LogP contribution in [-0.2, 0) is 16.3 Å². The summed E-state index contributed by atoms with van der Waals surface area (Å²) in [6.45, 7) is 0.732. The summed E-state index contributed by atoms with van der Waals surface area (Å²) in [7, 11) is -2.90. The Bertz CT molecular complexity index is 796. The standard InChI is InChI=1S/C16H19ClN4O2S/c17-13-3-1-12(2-4-13)5-7-18-15-9-16(20-11-19-15)21-14-6-8-24(22,23)10-14/h1-4,9,11,14H,5-8,10H2,(H2,18,19,20,21). The second-order valence-electron chi connectivity index (χ2n) is 5.84. The van der Waals surface area contributed by atoms with Crippen molar-refractivity contribution in [1.82, 2.24) is 9.97 Å². The van der Waals surface area contributed by atoms with Crippen molar-refractivity contribution in [2.24, 2.45) is 0 Å². The van der Waals surface area contributed by atoms with Crippen molar-refractivity contribution < 1.29 is 8.42 Å². The fraction of sp³-hybridized carbons (Fsp3) is 0.375. The first kappa shape index (κ1) is 17.0. The number of benzene rings is 1. The number of halogens is 1. The van der Waals surface area contributed by atoms with Gasteiger partial charge in [-0.3, -0.25) is 0 Å². The average Bonchev–Trinajstić information content (AvgIpc) is 2.88. The third kappa shape index (κ3) is 4.82. The number of aromatic nitrogens is 2. The van der Waals surface area contributed by atoms with Crippen LogP contribution in [0, 0.1) is 0 Å². The minimum atomic E-state index is -2.90. The van der Waals surface area contributed by atoms with E-state index in [1.165, 1.54) is 11.9 Å². The van der Waals surface area contributed by atoms with E-state index in [0.29, 0.717) is 18.1 Å². The molecule has 0 aliphatic carbocycles. The van der Waals surface area contributed by atoms with Gasteiger partial charge in [0.25, 0.3) is 0 Å². The summed E-state index contributed by atoms with van der Waals surface area (Å²) >= 11 is 5.87. The van der Waals surface area contributed by atoms with E-state index in [1.807, 2.05) is 24.3 Å². The van der Waals surface area contributed by atoms with E-state index in [0.717, 1.165) is 18.0 Å². The van der Waals surface area contributed by atoms with Crippen LogP contribution in [-0.4, -0.2) is 42.5 Å². The molecule has 0 bridgehead atoms. The van der Waals surface area contributed by atoms with Gasteiger partial charge in [-0.15, -0.1) is 0 Å². The Morgan fingerprint density at radius 2 is 1.92 bits per heavy atom. The molecular weight excluding hydrogens is 348 g/mol. The second-order valence-corrected chi connectivity index (χ2v) is 8.50. The van der Waals surface area contributed by atoms with Crippen LogP contribution in [0.1, 0.15) is 12.0 Å². The van der Waals surface area contributed by atoms with Gasteiger partial charge in [-0.1, -0.05) is 23.7 Å². The topological polar surface area (TPSA) is 84.0 Å². The minimum absolute atomic E-state index is 0.0770. The van der Waals surface area contributed by atoms with Gasteiger partial charge in [0, 0.05) is 23.7 Å². The van der Waals surface area contributed by atoms with E-state index in [9.17, 15) is 8.42 Å². The molecule has 1 aliphatic heterocycles. The van der Waals surface area contributed by atoms with Gasteiger partial charge in [-0.05, 0) is 30.5 Å². The Balaban J connectivity index is 1.52. The maximum absolute atomic E-state index is 11.5. The molecule has 1 unspecified atom stereocenters. The van der Waals surface area contributed by atoms with Crippen molar-refractivity contribution in [3.8, 4) is 0 Å². The van der Waals surface area contributed by atoms with Gasteiger partial charge in [0.05, 0.1) is 11.5 Å². The summed E-state index contributed by atoms with van der Waals surface area (Å²) < 4.78 is 23.0. The Morgan fingerprint density at radius 3 is 2.62 bits per heavy atom. The molecule has 1 aliphatic rings. The number of nitrogens with one attached hydrogen (secondary N) is 2. The first-order valence-electron chi connectivity index (χ1n) is 7.77. The van der Waals surface area contributed by atoms with E-state index < -0.39 is 9.84 Å². The molecular formula is C16H19ClN4O2S. The maximum atomic E-state index is 11.5. The summed E-state index contributed by atoms with van der Waals surface area (Å²) in [6, 6.07) is 9.46. The minimum Gasteiger partial charge on any atom is -0.370 e. The van der Waals surface area contributed by atoms with Crippen LogP contribution in [0.3, 0.4) is 0 Å². The fourth-order valence-corrected chi connectivity index (χ4v) is 4.44. The van der Waals surface area contributed by atoms with Gasteiger partial charge >= 0.3 is 0 Å². The third-order valence-corrected chi connectivity index (χ3v) is 5.90. The molecule has 6 nitrogen and oxygen atoms in total. The van der Waals surface area contributed by atoms with Crippen LogP contribution < -0.4 is 10.6 Å². The molecule has 8 heteroatoms. The highest BCUT2D eigenvalue weighted by Gasteiger charge is 2.27. The molecule has 2 heterocycles. The van der Waals surface area contributed by atoms with E-state index in [2.05, 4.69) is 20.6 Å². The van der Waals surface area contributed by atoms with Gasteiger partial charge in [-0.25, -0.2) is 18.4 Å². The number of rotatable bonds is 6. The van der Waals surface area contributed by atoms with Gasteiger partial charge in [-0.2, -0.15) is 0 Å². The highest BCUT2D eigenvalue weighted by molar-refractivity contribution is 7.91. The van der Waals surface area contributed by atoms with E-state index in [-0.39, 0.29) is 17.5 Å². The summed E-state index contributed by atoms with van der Waals surface area (Å²) in [5, 5.41) is 7.14. The lowest BCUT2D eigenvalue weighted by Crippen LogP contribution is -2.21. The van der Waals surface area contributed by atoms with Gasteiger partial charge in [0.2, 0.25) is 0 Å². The number of hydrogen-bond donors (Lipinski definition) is 2. The first-order chi connectivity index (χ1) is 11.5. The molecule has 0 amide bonds. The molecule has 2 aromatic rings. The van der Waals surface area contributed by atoms with Gasteiger partial charge in [0.15, 0.2) is 9.84 Å². The Labute approximate surface area is 146 Å². The van der Waals surface area contributed by atoms with Crippen molar-refractivity contribution in [2.75, 3.05) is 28.7 Å². The Kier molecular flexibility index (Phi) is 5.20. The summed E-state index contributed by atoms with van der Waals surface area (Å²) in [6.07, 6.45) is 2.94. The lowest BCUT2D eigenvalue weighted by Gasteiger charge is -2.12. The zero-order valence-electron chi connectivity index (χ0n) is 13.1. The van der Waals surface area contributed by atoms with Crippen molar-refractivity contribution >= 4 is 33.1 Å². The van der Waals surface area contributed by atoms with Crippen molar-refractivity contribution in [3.63, 3.8) is 0 Å². The molecule has 1 aromatic carbocycles. The van der Waals surface area contributed by atoms with Crippen LogP contribution in [0.2, 0.25) is 5.02 Å². The third-order valence-electron chi connectivity index (χ3n) is 3.88. The molecule has 0 spiro atoms. The van der Waals surface area contributed by atoms with Crippen LogP contribution in [0.5, 0.6) is 0 Å². The molecule has 2 N–H and O–H groups in total. The number of nitrogens with zero attached hydrogens (tertiary/aromatic N) is 2. The van der Waals surface area contributed by atoms with Crippen molar-refractivity contribution in [1.29, 1.82) is 0 Å². The summed E-state index contributed by atoms with van der Waals surface area (Å²) in [5.41, 5.74) is 1.19. The predicted octanol–water partition coefficient (Wildman–Crippen LogP) is 2.38. The summed E-state index contributed by atoms with van der Waals surface area (Å²) in [4.78, 5) is 8.34. The fourth-order valence-electron chi connectivity index (χ4n) is 2.64. The molecule has 3 rings (SSSR count). The van der Waals surface area contributed by atoms with Crippen LogP contribution >= 0.6 is 11.6 Å². The molecule has 128 valence electrons. The summed E-state index contributed by atoms with van der Waals surface area (Å²) in [5.74, 6) is 1.75. The lowest BCUT2D eigenvalue weighted by atomic mass is 10.1. The molecule has 1 atom stereocenters. The molecule has 24 heavy (non-hydrogen) atoms. The molecule has 1 saturated heterocycles. The van der Waals surface area contributed by atoms with Crippen LogP contribution in [0.15, 0.2) is 36.7 Å². The lowest BCUT2D eigenvalue weighted by molar-refractivity contribution is 0.602. The molecule has 0 radical (unpaired) electrons. The average molecular weight is 367 g/mol. The monoisotopic (exact) mass is 366 g/mol. The van der Waals surface area contributed by atoms with Gasteiger partial charge < -0.3 is 10.6 Å².